The molecule has 8 heteroatoms. The summed E-state index contributed by atoms with van der Waals surface area (Å²) in [5.41, 5.74) is 0.767. The minimum absolute atomic E-state index is 0.0520. The predicted octanol–water partition coefficient (Wildman–Crippen LogP) is 0.607. The van der Waals surface area contributed by atoms with Crippen LogP contribution >= 0.6 is 0 Å². The first-order valence-corrected chi connectivity index (χ1v) is 7.84. The minimum atomic E-state index is -1.26. The maximum absolute atomic E-state index is 11.8. The van der Waals surface area contributed by atoms with Crippen LogP contribution in [0.4, 0.5) is 4.79 Å². The molecule has 0 saturated heterocycles. The van der Waals surface area contributed by atoms with Crippen LogP contribution in [-0.4, -0.2) is 48.8 Å². The van der Waals surface area contributed by atoms with E-state index < -0.39 is 24.0 Å². The molecule has 1 amide bonds. The lowest BCUT2D eigenvalue weighted by atomic mass is 9.85. The van der Waals surface area contributed by atoms with Crippen molar-refractivity contribution in [2.24, 2.45) is 0 Å². The first-order valence-electron chi connectivity index (χ1n) is 7.84. The van der Waals surface area contributed by atoms with E-state index in [4.69, 9.17) is 19.2 Å². The van der Waals surface area contributed by atoms with Gasteiger partial charge in [0.15, 0.2) is 6.23 Å². The summed E-state index contributed by atoms with van der Waals surface area (Å²) in [7, 11) is 1.49. The Bertz CT molecular complexity index is 574. The zero-order valence-electron chi connectivity index (χ0n) is 14.1. The second-order valence-corrected chi connectivity index (χ2v) is 6.45. The molecule has 3 N–H and O–H groups in total. The van der Waals surface area contributed by atoms with Gasteiger partial charge in [-0.1, -0.05) is 12.1 Å². The van der Waals surface area contributed by atoms with Crippen LogP contribution in [0.1, 0.15) is 38.9 Å². The fraction of sp³-hybridized carbons (Fsp3) is 0.562. The van der Waals surface area contributed by atoms with Crippen molar-refractivity contribution in [3.63, 3.8) is 0 Å². The van der Waals surface area contributed by atoms with Gasteiger partial charge in [0.1, 0.15) is 17.5 Å². The third kappa shape index (κ3) is 4.86. The van der Waals surface area contributed by atoms with Gasteiger partial charge in [0.2, 0.25) is 0 Å². The van der Waals surface area contributed by atoms with Crippen LogP contribution in [0.2, 0.25) is 0 Å². The van der Waals surface area contributed by atoms with E-state index in [1.807, 2.05) is 0 Å². The molecule has 7 nitrogen and oxygen atoms in total. The number of nitrogens with one attached hydrogen (secondary N) is 1. The van der Waals surface area contributed by atoms with Crippen molar-refractivity contribution in [2.45, 2.75) is 45.1 Å². The van der Waals surface area contributed by atoms with E-state index in [2.05, 4.69) is 5.32 Å². The normalized spacial score (nSPS) is 17.6. The molecule has 24 heavy (non-hydrogen) atoms. The Morgan fingerprint density at radius 2 is 2.21 bits per heavy atom. The van der Waals surface area contributed by atoms with Gasteiger partial charge in [-0.25, -0.2) is 4.79 Å². The lowest BCUT2D eigenvalue weighted by molar-refractivity contribution is -0.000294. The maximum atomic E-state index is 11.8. The van der Waals surface area contributed by atoms with Crippen molar-refractivity contribution in [3.8, 4) is 5.75 Å². The molecule has 1 aromatic carbocycles. The van der Waals surface area contributed by atoms with Gasteiger partial charge >= 0.3 is 13.6 Å². The Balaban J connectivity index is 2.03. The number of ether oxygens (including phenoxy) is 2. The molecule has 0 bridgehead atoms. The summed E-state index contributed by atoms with van der Waals surface area (Å²) in [6.07, 6.45) is -2.20. The average Bonchev–Trinajstić information content (AvgIpc) is 2.90. The second kappa shape index (κ2) is 7.87. The van der Waals surface area contributed by atoms with Crippen LogP contribution in [0.5, 0.6) is 5.75 Å². The SMILES string of the molecule is CC(C)(C)OC(=O)NC(O)C1O[B]c2c(OCCCO)cccc21. The van der Waals surface area contributed by atoms with E-state index in [0.717, 1.165) is 0 Å². The predicted molar refractivity (Wildman–Crippen MR) is 88.2 cm³/mol. The molecule has 1 aromatic rings. The second-order valence-electron chi connectivity index (χ2n) is 6.45. The van der Waals surface area contributed by atoms with Crippen molar-refractivity contribution in [1.29, 1.82) is 0 Å². The Hall–Kier alpha value is -1.77. The number of amides is 1. The summed E-state index contributed by atoms with van der Waals surface area (Å²) < 4.78 is 16.2. The van der Waals surface area contributed by atoms with E-state index in [-0.39, 0.29) is 6.61 Å². The first kappa shape index (κ1) is 18.6. The van der Waals surface area contributed by atoms with Crippen LogP contribution < -0.4 is 15.5 Å². The number of hydrogen-bond donors (Lipinski definition) is 3. The number of carbonyl (C=O) groups excluding carboxylic acids is 1. The fourth-order valence-corrected chi connectivity index (χ4v) is 2.27. The van der Waals surface area contributed by atoms with Gasteiger partial charge in [-0.15, -0.1) is 0 Å². The van der Waals surface area contributed by atoms with Crippen molar-refractivity contribution in [2.75, 3.05) is 13.2 Å². The molecule has 0 saturated carbocycles. The summed E-state index contributed by atoms with van der Waals surface area (Å²) in [6.45, 7) is 5.65. The lowest BCUT2D eigenvalue weighted by Gasteiger charge is -2.24. The van der Waals surface area contributed by atoms with Gasteiger partial charge in [-0.2, -0.15) is 0 Å². The Morgan fingerprint density at radius 3 is 2.88 bits per heavy atom. The maximum Gasteiger partial charge on any atom is 0.409 e. The van der Waals surface area contributed by atoms with Gasteiger partial charge in [-0.3, -0.25) is 5.32 Å². The number of hydrogen-bond acceptors (Lipinski definition) is 6. The molecular formula is C16H23BNO6. The molecule has 2 atom stereocenters. The highest BCUT2D eigenvalue weighted by Gasteiger charge is 2.34. The van der Waals surface area contributed by atoms with E-state index in [0.29, 0.717) is 29.8 Å². The third-order valence-electron chi connectivity index (χ3n) is 3.25. The Kier molecular flexibility index (Phi) is 6.09. The van der Waals surface area contributed by atoms with Crippen molar-refractivity contribution in [1.82, 2.24) is 5.32 Å². The topological polar surface area (TPSA) is 97.3 Å². The highest BCUT2D eigenvalue weighted by molar-refractivity contribution is 6.50. The van der Waals surface area contributed by atoms with Crippen LogP contribution in [0.15, 0.2) is 18.2 Å². The molecule has 0 fully saturated rings. The molecule has 0 spiro atoms. The number of aliphatic hydroxyl groups is 2. The molecule has 1 aliphatic heterocycles. The van der Waals surface area contributed by atoms with Crippen molar-refractivity contribution < 1.29 is 29.1 Å². The molecule has 2 rings (SSSR count). The summed E-state index contributed by atoms with van der Waals surface area (Å²) in [5.74, 6) is 0.605. The molecular weight excluding hydrogens is 313 g/mol. The molecule has 2 unspecified atom stereocenters. The van der Waals surface area contributed by atoms with Gasteiger partial charge in [-0.05, 0) is 37.9 Å². The van der Waals surface area contributed by atoms with Crippen molar-refractivity contribution >= 4 is 19.0 Å². The van der Waals surface area contributed by atoms with Gasteiger partial charge in [0.05, 0.1) is 6.61 Å². The Morgan fingerprint density at radius 1 is 1.46 bits per heavy atom. The summed E-state index contributed by atoms with van der Waals surface area (Å²) in [5, 5.41) is 21.4. The molecule has 1 heterocycles. The van der Waals surface area contributed by atoms with Gasteiger partial charge in [0.25, 0.3) is 0 Å². The van der Waals surface area contributed by atoms with E-state index in [9.17, 15) is 9.90 Å². The number of rotatable bonds is 6. The van der Waals surface area contributed by atoms with Crippen molar-refractivity contribution in [3.05, 3.63) is 23.8 Å². The number of alkyl carbamates (subject to hydrolysis) is 1. The minimum Gasteiger partial charge on any atom is -0.494 e. The monoisotopic (exact) mass is 336 g/mol. The zero-order valence-corrected chi connectivity index (χ0v) is 14.1. The van der Waals surface area contributed by atoms with E-state index in [1.54, 1.807) is 39.0 Å². The highest BCUT2D eigenvalue weighted by Crippen LogP contribution is 2.27. The van der Waals surface area contributed by atoms with Crippen LogP contribution in [0.25, 0.3) is 0 Å². The standard InChI is InChI=1S/C16H23BNO6/c1-16(2,3)23-15(21)18-14(20)13-10-6-4-7-11(12(10)17-24-13)22-9-5-8-19/h4,6-7,13-14,19-20H,5,8-9H2,1-3H3,(H,18,21). The highest BCUT2D eigenvalue weighted by atomic mass is 16.6. The van der Waals surface area contributed by atoms with E-state index in [1.165, 1.54) is 7.48 Å². The summed E-state index contributed by atoms with van der Waals surface area (Å²) in [4.78, 5) is 11.8. The number of fused-ring (bicyclic) bond motifs is 1. The molecule has 1 radical (unpaired) electrons. The van der Waals surface area contributed by atoms with Crippen LogP contribution in [0, 0.1) is 0 Å². The van der Waals surface area contributed by atoms with Crippen LogP contribution in [0.3, 0.4) is 0 Å². The molecule has 0 aromatic heterocycles. The van der Waals surface area contributed by atoms with Gasteiger partial charge < -0.3 is 24.3 Å². The molecule has 131 valence electrons. The lowest BCUT2D eigenvalue weighted by Crippen LogP contribution is -2.42. The first-order chi connectivity index (χ1) is 11.3. The molecule has 1 aliphatic rings. The number of aliphatic hydroxyl groups excluding tert-OH is 2. The summed E-state index contributed by atoms with van der Waals surface area (Å²) in [6, 6.07) is 5.36. The van der Waals surface area contributed by atoms with Crippen LogP contribution in [-0.2, 0) is 9.39 Å². The fourth-order valence-electron chi connectivity index (χ4n) is 2.27. The quantitative estimate of drug-likeness (QED) is 0.400. The summed E-state index contributed by atoms with van der Waals surface area (Å²) >= 11 is 0. The van der Waals surface area contributed by atoms with Gasteiger partial charge in [0, 0.05) is 13.0 Å². The molecule has 0 aliphatic carbocycles. The Labute approximate surface area is 142 Å². The average molecular weight is 336 g/mol. The third-order valence-corrected chi connectivity index (χ3v) is 3.25. The smallest absolute Gasteiger partial charge is 0.409 e. The number of benzene rings is 1. The zero-order chi connectivity index (χ0) is 17.7. The van der Waals surface area contributed by atoms with E-state index >= 15 is 0 Å². The largest absolute Gasteiger partial charge is 0.494 e. The number of carbonyl (C=O) groups is 1.